The predicted octanol–water partition coefficient (Wildman–Crippen LogP) is 3.50. The maximum absolute atomic E-state index is 8.89. The Morgan fingerprint density at radius 1 is 1.27 bits per heavy atom. The van der Waals surface area contributed by atoms with E-state index in [9.17, 15) is 0 Å². The summed E-state index contributed by atoms with van der Waals surface area (Å²) in [4.78, 5) is 3.01. The molecular formula is C15H19N3O3S. The number of fused-ring (bicyclic) bond motifs is 1. The van der Waals surface area contributed by atoms with Gasteiger partial charge in [0.2, 0.25) is 0 Å². The lowest BCUT2D eigenvalue weighted by Gasteiger charge is -2.47. The van der Waals surface area contributed by atoms with Crippen molar-refractivity contribution in [2.24, 2.45) is 11.0 Å². The summed E-state index contributed by atoms with van der Waals surface area (Å²) < 4.78 is 17.9. The van der Waals surface area contributed by atoms with Crippen LogP contribution in [0.5, 0.6) is 0 Å². The smallest absolute Gasteiger partial charge is 0.184 e. The van der Waals surface area contributed by atoms with Gasteiger partial charge in [0.05, 0.1) is 18.8 Å². The van der Waals surface area contributed by atoms with Crippen LogP contribution in [0.15, 0.2) is 35.4 Å². The van der Waals surface area contributed by atoms with Gasteiger partial charge in [0.15, 0.2) is 6.29 Å². The summed E-state index contributed by atoms with van der Waals surface area (Å²) in [6.07, 6.45) is 1.06. The van der Waals surface area contributed by atoms with Gasteiger partial charge in [-0.3, -0.25) is 0 Å². The van der Waals surface area contributed by atoms with Crippen LogP contribution in [0.25, 0.3) is 10.4 Å². The Hall–Kier alpha value is -1.24. The van der Waals surface area contributed by atoms with Crippen molar-refractivity contribution in [1.29, 1.82) is 0 Å². The van der Waals surface area contributed by atoms with Gasteiger partial charge in [-0.2, -0.15) is 0 Å². The van der Waals surface area contributed by atoms with Gasteiger partial charge >= 0.3 is 0 Å². The van der Waals surface area contributed by atoms with Gasteiger partial charge in [-0.15, -0.1) is 11.8 Å². The topological polar surface area (TPSA) is 76.5 Å². The number of benzene rings is 1. The predicted molar refractivity (Wildman–Crippen MR) is 84.3 cm³/mol. The van der Waals surface area contributed by atoms with Crippen LogP contribution in [0.1, 0.15) is 18.8 Å². The van der Waals surface area contributed by atoms with E-state index in [2.05, 4.69) is 10.0 Å². The fourth-order valence-corrected chi connectivity index (χ4v) is 3.85. The Bertz CT molecular complexity index is 552. The summed E-state index contributed by atoms with van der Waals surface area (Å²) in [7, 11) is 0. The summed E-state index contributed by atoms with van der Waals surface area (Å²) in [6, 6.07) is 9.52. The van der Waals surface area contributed by atoms with Crippen molar-refractivity contribution in [3.05, 3.63) is 46.3 Å². The molecule has 7 heteroatoms. The van der Waals surface area contributed by atoms with Crippen LogP contribution < -0.4 is 0 Å². The fourth-order valence-electron chi connectivity index (χ4n) is 3.01. The maximum atomic E-state index is 8.89. The van der Waals surface area contributed by atoms with E-state index in [0.717, 1.165) is 5.56 Å². The molecule has 2 aliphatic heterocycles. The molecule has 3 rings (SSSR count). The zero-order valence-corrected chi connectivity index (χ0v) is 13.3. The molecule has 6 atom stereocenters. The van der Waals surface area contributed by atoms with Crippen molar-refractivity contribution in [1.82, 2.24) is 0 Å². The van der Waals surface area contributed by atoms with Crippen LogP contribution in [0.3, 0.4) is 0 Å². The minimum Gasteiger partial charge on any atom is -0.359 e. The molecule has 6 nitrogen and oxygen atoms in total. The summed E-state index contributed by atoms with van der Waals surface area (Å²) in [6.45, 7) is 2.47. The first-order chi connectivity index (χ1) is 10.7. The third-order valence-electron chi connectivity index (χ3n) is 4.16. The molecule has 0 spiro atoms. The second kappa shape index (κ2) is 6.89. The average molecular weight is 321 g/mol. The van der Waals surface area contributed by atoms with E-state index >= 15 is 0 Å². The fraction of sp³-hybridized carbons (Fsp3) is 0.600. The van der Waals surface area contributed by atoms with Crippen LogP contribution in [0.2, 0.25) is 0 Å². The van der Waals surface area contributed by atoms with Crippen molar-refractivity contribution in [3.63, 3.8) is 0 Å². The first-order valence-electron chi connectivity index (χ1n) is 7.29. The van der Waals surface area contributed by atoms with E-state index in [1.165, 1.54) is 0 Å². The summed E-state index contributed by atoms with van der Waals surface area (Å²) in [5.41, 5.74) is 9.83. The Labute approximate surface area is 133 Å². The van der Waals surface area contributed by atoms with Crippen LogP contribution >= 0.6 is 11.8 Å². The third-order valence-corrected chi connectivity index (χ3v) is 5.17. The highest BCUT2D eigenvalue weighted by molar-refractivity contribution is 7.99. The lowest BCUT2D eigenvalue weighted by molar-refractivity contribution is -0.291. The first kappa shape index (κ1) is 15.6. The van der Waals surface area contributed by atoms with Gasteiger partial charge in [-0.25, -0.2) is 0 Å². The van der Waals surface area contributed by atoms with E-state index in [4.69, 9.17) is 19.7 Å². The molecule has 2 aliphatic rings. The molecule has 2 saturated heterocycles. The second-order valence-electron chi connectivity index (χ2n) is 5.51. The molecule has 0 amide bonds. The molecule has 1 aromatic carbocycles. The summed E-state index contributed by atoms with van der Waals surface area (Å²) in [5.74, 6) is 0.0849. The monoisotopic (exact) mass is 321 g/mol. The molecule has 0 saturated carbocycles. The standard InChI is InChI=1S/C15H19N3O3S/c1-9-12(17-18-16)13-11(20-15(9)22-2)8-19-14(21-13)10-6-4-3-5-7-10/h3-7,9,11-15H,8H2,1-2H3/t9?,11?,12-,13+,14?,15+/m1/s1. The molecule has 3 unspecified atom stereocenters. The number of rotatable bonds is 3. The highest BCUT2D eigenvalue weighted by Crippen LogP contribution is 2.39. The van der Waals surface area contributed by atoms with E-state index in [1.807, 2.05) is 43.5 Å². The number of thioether (sulfide) groups is 1. The van der Waals surface area contributed by atoms with Crippen LogP contribution in [0, 0.1) is 5.92 Å². The molecule has 0 aromatic heterocycles. The van der Waals surface area contributed by atoms with Gasteiger partial charge in [0.1, 0.15) is 11.5 Å². The van der Waals surface area contributed by atoms with Gasteiger partial charge in [-0.1, -0.05) is 42.4 Å². The number of nitrogens with zero attached hydrogens (tertiary/aromatic N) is 3. The summed E-state index contributed by atoms with van der Waals surface area (Å²) in [5, 5.41) is 3.98. The first-order valence-corrected chi connectivity index (χ1v) is 8.58. The van der Waals surface area contributed by atoms with Crippen molar-refractivity contribution < 1.29 is 14.2 Å². The second-order valence-corrected chi connectivity index (χ2v) is 6.45. The van der Waals surface area contributed by atoms with Crippen LogP contribution in [-0.2, 0) is 14.2 Å². The van der Waals surface area contributed by atoms with E-state index in [-0.39, 0.29) is 29.6 Å². The number of azide groups is 1. The molecule has 22 heavy (non-hydrogen) atoms. The highest BCUT2D eigenvalue weighted by Gasteiger charge is 2.47. The molecule has 0 radical (unpaired) electrons. The Morgan fingerprint density at radius 2 is 2.05 bits per heavy atom. The maximum Gasteiger partial charge on any atom is 0.184 e. The zero-order valence-electron chi connectivity index (χ0n) is 12.5. The van der Waals surface area contributed by atoms with E-state index in [0.29, 0.717) is 6.61 Å². The molecular weight excluding hydrogens is 302 g/mol. The van der Waals surface area contributed by atoms with Crippen molar-refractivity contribution in [2.45, 2.75) is 36.9 Å². The molecule has 1 aromatic rings. The quantitative estimate of drug-likeness (QED) is 0.485. The van der Waals surface area contributed by atoms with Crippen molar-refractivity contribution in [2.75, 3.05) is 12.9 Å². The molecule has 118 valence electrons. The minimum atomic E-state index is -0.444. The molecule has 2 fully saturated rings. The van der Waals surface area contributed by atoms with Crippen molar-refractivity contribution >= 4 is 11.8 Å². The normalized spacial score (nSPS) is 37.9. The number of hydrogen-bond acceptors (Lipinski definition) is 5. The largest absolute Gasteiger partial charge is 0.359 e. The Balaban J connectivity index is 1.82. The van der Waals surface area contributed by atoms with Gasteiger partial charge in [0, 0.05) is 16.4 Å². The Morgan fingerprint density at radius 3 is 2.73 bits per heavy atom. The minimum absolute atomic E-state index is 0.0165. The molecule has 2 heterocycles. The number of ether oxygens (including phenoxy) is 3. The Kier molecular flexibility index (Phi) is 4.90. The molecule has 0 aliphatic carbocycles. The van der Waals surface area contributed by atoms with Crippen molar-refractivity contribution in [3.8, 4) is 0 Å². The zero-order chi connectivity index (χ0) is 15.5. The lowest BCUT2D eigenvalue weighted by Crippen LogP contribution is -2.57. The van der Waals surface area contributed by atoms with E-state index < -0.39 is 6.29 Å². The SMILES string of the molecule is CS[C@@H]1OC2COC(c3ccccc3)O[C@@H]2[C@H](N=[N+]=[N-])C1C. The molecule has 0 N–H and O–H groups in total. The lowest BCUT2D eigenvalue weighted by atomic mass is 9.91. The van der Waals surface area contributed by atoms with Gasteiger partial charge in [0.25, 0.3) is 0 Å². The number of hydrogen-bond donors (Lipinski definition) is 0. The highest BCUT2D eigenvalue weighted by atomic mass is 32.2. The third kappa shape index (κ3) is 2.95. The average Bonchev–Trinajstić information content (AvgIpc) is 2.57. The van der Waals surface area contributed by atoms with Crippen LogP contribution in [0.4, 0.5) is 0 Å². The summed E-state index contributed by atoms with van der Waals surface area (Å²) >= 11 is 1.62. The molecule has 0 bridgehead atoms. The van der Waals surface area contributed by atoms with Gasteiger partial charge < -0.3 is 14.2 Å². The van der Waals surface area contributed by atoms with Gasteiger partial charge in [-0.05, 0) is 11.8 Å². The van der Waals surface area contributed by atoms with Crippen LogP contribution in [-0.4, -0.2) is 36.5 Å². The van der Waals surface area contributed by atoms with E-state index in [1.54, 1.807) is 11.8 Å².